The van der Waals surface area contributed by atoms with Gasteiger partial charge in [-0.05, 0) is 49.9 Å². The third kappa shape index (κ3) is 6.78. The van der Waals surface area contributed by atoms with Gasteiger partial charge in [-0.3, -0.25) is 14.4 Å². The number of rotatable bonds is 8. The molecule has 1 fully saturated rings. The summed E-state index contributed by atoms with van der Waals surface area (Å²) in [6.07, 6.45) is 4.16. The Hall–Kier alpha value is -3.10. The molecule has 1 atom stereocenters. The summed E-state index contributed by atoms with van der Waals surface area (Å²) in [6.45, 7) is 5.21. The van der Waals surface area contributed by atoms with Gasteiger partial charge in [0.25, 0.3) is 5.91 Å². The van der Waals surface area contributed by atoms with E-state index < -0.39 is 11.8 Å². The summed E-state index contributed by atoms with van der Waals surface area (Å²) in [7, 11) is 1.49. The van der Waals surface area contributed by atoms with Crippen LogP contribution >= 0.6 is 0 Å². The first-order chi connectivity index (χ1) is 13.9. The molecule has 0 aliphatic carbocycles. The molecular formula is C20H28N4O5. The van der Waals surface area contributed by atoms with E-state index in [0.717, 1.165) is 32.4 Å². The van der Waals surface area contributed by atoms with Crippen LogP contribution in [0.5, 0.6) is 11.5 Å². The number of likely N-dealkylation sites (tertiary alicyclic amines) is 1. The molecule has 2 rings (SSSR count). The molecule has 1 aliphatic rings. The number of benzene rings is 1. The molecule has 1 aromatic carbocycles. The van der Waals surface area contributed by atoms with E-state index in [4.69, 9.17) is 9.47 Å². The summed E-state index contributed by atoms with van der Waals surface area (Å²) in [5, 5.41) is 6.34. The van der Waals surface area contributed by atoms with E-state index in [9.17, 15) is 14.4 Å². The molecule has 1 aliphatic heterocycles. The molecule has 1 saturated heterocycles. The zero-order valence-corrected chi connectivity index (χ0v) is 17.1. The Labute approximate surface area is 170 Å². The maximum atomic E-state index is 12.1. The van der Waals surface area contributed by atoms with E-state index in [1.807, 2.05) is 13.8 Å². The van der Waals surface area contributed by atoms with Crippen molar-refractivity contribution in [3.05, 3.63) is 23.8 Å². The van der Waals surface area contributed by atoms with Crippen LogP contribution in [0, 0.1) is 0 Å². The molecule has 29 heavy (non-hydrogen) atoms. The minimum Gasteiger partial charge on any atom is -0.493 e. The number of hydrazone groups is 1. The van der Waals surface area contributed by atoms with Crippen molar-refractivity contribution >= 4 is 23.9 Å². The van der Waals surface area contributed by atoms with Crippen LogP contribution in [0.3, 0.4) is 0 Å². The summed E-state index contributed by atoms with van der Waals surface area (Å²) in [4.78, 5) is 37.2. The van der Waals surface area contributed by atoms with Gasteiger partial charge < -0.3 is 19.7 Å². The summed E-state index contributed by atoms with van der Waals surface area (Å²) in [5.74, 6) is -0.749. The quantitative estimate of drug-likeness (QED) is 0.383. The second-order valence-corrected chi connectivity index (χ2v) is 6.77. The highest BCUT2D eigenvalue weighted by Gasteiger charge is 2.19. The highest BCUT2D eigenvalue weighted by Crippen LogP contribution is 2.27. The molecule has 158 valence electrons. The van der Waals surface area contributed by atoms with E-state index in [-0.39, 0.29) is 18.6 Å². The lowest BCUT2D eigenvalue weighted by Crippen LogP contribution is -2.41. The molecule has 0 aromatic heterocycles. The van der Waals surface area contributed by atoms with Crippen LogP contribution in [0.2, 0.25) is 0 Å². The number of methoxy groups -OCH3 is 1. The fourth-order valence-corrected chi connectivity index (χ4v) is 2.69. The van der Waals surface area contributed by atoms with Crippen LogP contribution < -0.4 is 20.2 Å². The number of carbonyl (C=O) groups is 3. The largest absolute Gasteiger partial charge is 0.493 e. The Bertz CT molecular complexity index is 759. The first-order valence-electron chi connectivity index (χ1n) is 9.67. The number of ether oxygens (including phenoxy) is 2. The van der Waals surface area contributed by atoms with E-state index in [0.29, 0.717) is 17.1 Å². The van der Waals surface area contributed by atoms with Crippen LogP contribution in [0.4, 0.5) is 0 Å². The van der Waals surface area contributed by atoms with Crippen molar-refractivity contribution in [3.63, 3.8) is 0 Å². The molecule has 0 spiro atoms. The Morgan fingerprint density at radius 2 is 1.93 bits per heavy atom. The average molecular weight is 404 g/mol. The molecule has 1 heterocycles. The number of hydrogen-bond acceptors (Lipinski definition) is 6. The van der Waals surface area contributed by atoms with Gasteiger partial charge in [-0.25, -0.2) is 5.43 Å². The van der Waals surface area contributed by atoms with E-state index in [1.165, 1.54) is 13.3 Å². The highest BCUT2D eigenvalue weighted by molar-refractivity contribution is 6.35. The van der Waals surface area contributed by atoms with Crippen LogP contribution in [0.25, 0.3) is 0 Å². The van der Waals surface area contributed by atoms with Crippen molar-refractivity contribution in [3.8, 4) is 11.5 Å². The Balaban J connectivity index is 1.90. The molecule has 0 unspecified atom stereocenters. The zero-order valence-electron chi connectivity index (χ0n) is 17.1. The Morgan fingerprint density at radius 1 is 1.21 bits per heavy atom. The molecule has 1 aromatic rings. The van der Waals surface area contributed by atoms with Crippen LogP contribution in [0.1, 0.15) is 38.7 Å². The summed E-state index contributed by atoms with van der Waals surface area (Å²) >= 11 is 0. The SMILES string of the molecule is CC[C@@H](C)NC(=O)C(=O)N/N=C\c1ccc(OCC(=O)N2CCCC2)c(OC)c1. The van der Waals surface area contributed by atoms with E-state index >= 15 is 0 Å². The number of carbonyl (C=O) groups excluding carboxylic acids is 3. The molecular weight excluding hydrogens is 376 g/mol. The number of amides is 3. The maximum absolute atomic E-state index is 12.1. The van der Waals surface area contributed by atoms with Crippen molar-refractivity contribution in [1.82, 2.24) is 15.6 Å². The third-order valence-corrected chi connectivity index (χ3v) is 4.57. The lowest BCUT2D eigenvalue weighted by atomic mass is 10.2. The topological polar surface area (TPSA) is 109 Å². The smallest absolute Gasteiger partial charge is 0.329 e. The summed E-state index contributed by atoms with van der Waals surface area (Å²) in [6, 6.07) is 4.93. The van der Waals surface area contributed by atoms with Crippen LogP contribution in [-0.4, -0.2) is 61.7 Å². The van der Waals surface area contributed by atoms with Crippen LogP contribution in [0.15, 0.2) is 23.3 Å². The molecule has 9 heteroatoms. The van der Waals surface area contributed by atoms with Crippen molar-refractivity contribution in [2.45, 2.75) is 39.2 Å². The number of nitrogens with zero attached hydrogens (tertiary/aromatic N) is 2. The van der Waals surface area contributed by atoms with Crippen molar-refractivity contribution in [2.75, 3.05) is 26.8 Å². The van der Waals surface area contributed by atoms with Crippen molar-refractivity contribution < 1.29 is 23.9 Å². The van der Waals surface area contributed by atoms with Gasteiger partial charge in [0.05, 0.1) is 13.3 Å². The monoisotopic (exact) mass is 404 g/mol. The van der Waals surface area contributed by atoms with Gasteiger partial charge in [0.2, 0.25) is 0 Å². The van der Waals surface area contributed by atoms with Gasteiger partial charge in [-0.2, -0.15) is 5.10 Å². The van der Waals surface area contributed by atoms with Gasteiger partial charge in [-0.1, -0.05) is 6.92 Å². The van der Waals surface area contributed by atoms with Crippen molar-refractivity contribution in [2.24, 2.45) is 5.10 Å². The fourth-order valence-electron chi connectivity index (χ4n) is 2.69. The van der Waals surface area contributed by atoms with Gasteiger partial charge in [0.15, 0.2) is 18.1 Å². The molecule has 0 bridgehead atoms. The predicted octanol–water partition coefficient (Wildman–Crippen LogP) is 1.06. The average Bonchev–Trinajstić information content (AvgIpc) is 3.27. The zero-order chi connectivity index (χ0) is 21.2. The molecule has 0 saturated carbocycles. The minimum atomic E-state index is -0.839. The maximum Gasteiger partial charge on any atom is 0.329 e. The molecule has 0 radical (unpaired) electrons. The van der Waals surface area contributed by atoms with E-state index in [1.54, 1.807) is 23.1 Å². The Kier molecular flexibility index (Phi) is 8.45. The van der Waals surface area contributed by atoms with Gasteiger partial charge >= 0.3 is 11.8 Å². The van der Waals surface area contributed by atoms with Crippen LogP contribution in [-0.2, 0) is 14.4 Å². The lowest BCUT2D eigenvalue weighted by molar-refractivity contribution is -0.139. The highest BCUT2D eigenvalue weighted by atomic mass is 16.5. The molecule has 3 amide bonds. The number of hydrogen-bond donors (Lipinski definition) is 2. The standard InChI is InChI=1S/C20H28N4O5/c1-4-14(2)22-19(26)20(27)23-21-12-15-7-8-16(17(11-15)28-3)29-13-18(25)24-9-5-6-10-24/h7-8,11-12,14H,4-6,9-10,13H2,1-3H3,(H,22,26)(H,23,27)/b21-12-/t14-/m1/s1. The summed E-state index contributed by atoms with van der Waals surface area (Å²) < 4.78 is 10.9. The fraction of sp³-hybridized carbons (Fsp3) is 0.500. The van der Waals surface area contributed by atoms with Gasteiger partial charge in [0.1, 0.15) is 0 Å². The second kappa shape index (κ2) is 11.0. The Morgan fingerprint density at radius 3 is 2.59 bits per heavy atom. The normalized spacial score (nSPS) is 14.5. The third-order valence-electron chi connectivity index (χ3n) is 4.57. The van der Waals surface area contributed by atoms with E-state index in [2.05, 4.69) is 15.8 Å². The van der Waals surface area contributed by atoms with Crippen molar-refractivity contribution in [1.29, 1.82) is 0 Å². The number of nitrogens with one attached hydrogen (secondary N) is 2. The first kappa shape index (κ1) is 22.2. The van der Waals surface area contributed by atoms with Gasteiger partial charge in [-0.15, -0.1) is 0 Å². The predicted molar refractivity (Wildman–Crippen MR) is 108 cm³/mol. The minimum absolute atomic E-state index is 0.0476. The second-order valence-electron chi connectivity index (χ2n) is 6.77. The molecule has 2 N–H and O–H groups in total. The van der Waals surface area contributed by atoms with Gasteiger partial charge in [0, 0.05) is 19.1 Å². The lowest BCUT2D eigenvalue weighted by Gasteiger charge is -2.16. The molecule has 9 nitrogen and oxygen atoms in total. The summed E-state index contributed by atoms with van der Waals surface area (Å²) in [5.41, 5.74) is 2.81. The first-order valence-corrected chi connectivity index (χ1v) is 9.67.